The summed E-state index contributed by atoms with van der Waals surface area (Å²) in [5.74, 6) is -0.982. The van der Waals surface area contributed by atoms with Crippen molar-refractivity contribution in [1.29, 1.82) is 0 Å². The van der Waals surface area contributed by atoms with Crippen LogP contribution in [0.15, 0.2) is 0 Å². The first-order valence-electron chi connectivity index (χ1n) is 7.07. The summed E-state index contributed by atoms with van der Waals surface area (Å²) in [6.45, 7) is 3.45. The first-order valence-corrected chi connectivity index (χ1v) is 7.07. The third-order valence-corrected chi connectivity index (χ3v) is 3.25. The van der Waals surface area contributed by atoms with Crippen LogP contribution in [0.25, 0.3) is 0 Å². The van der Waals surface area contributed by atoms with E-state index in [1.807, 2.05) is 6.92 Å². The highest BCUT2D eigenvalue weighted by Gasteiger charge is 2.30. The number of carbonyl (C=O) groups is 3. The Morgan fingerprint density at radius 3 is 2.65 bits per heavy atom. The second-order valence-corrected chi connectivity index (χ2v) is 4.92. The predicted molar refractivity (Wildman–Crippen MR) is 73.3 cm³/mol. The maximum atomic E-state index is 11.9. The molecule has 20 heavy (non-hydrogen) atoms. The molecular weight excluding hydrogens is 262 g/mol. The van der Waals surface area contributed by atoms with Gasteiger partial charge < -0.3 is 20.6 Å². The SMILES string of the molecule is CCCNC(=O)CCNC(=O)N1CCCC1CC(=O)O. The largest absolute Gasteiger partial charge is 0.481 e. The highest BCUT2D eigenvalue weighted by molar-refractivity contribution is 5.79. The van der Waals surface area contributed by atoms with E-state index >= 15 is 0 Å². The summed E-state index contributed by atoms with van der Waals surface area (Å²) in [7, 11) is 0. The van der Waals surface area contributed by atoms with Gasteiger partial charge >= 0.3 is 12.0 Å². The minimum Gasteiger partial charge on any atom is -0.481 e. The fourth-order valence-electron chi connectivity index (χ4n) is 2.25. The molecule has 0 bridgehead atoms. The number of nitrogens with zero attached hydrogens (tertiary/aromatic N) is 1. The van der Waals surface area contributed by atoms with E-state index in [0.717, 1.165) is 19.3 Å². The van der Waals surface area contributed by atoms with Crippen LogP contribution in [0.5, 0.6) is 0 Å². The van der Waals surface area contributed by atoms with E-state index in [0.29, 0.717) is 13.1 Å². The standard InChI is InChI=1S/C13H23N3O4/c1-2-6-14-11(17)5-7-15-13(20)16-8-3-4-10(16)9-12(18)19/h10H,2-9H2,1H3,(H,14,17)(H,15,20)(H,18,19). The van der Waals surface area contributed by atoms with Crippen molar-refractivity contribution in [2.45, 2.75) is 45.1 Å². The molecule has 3 amide bonds. The molecule has 0 aromatic carbocycles. The lowest BCUT2D eigenvalue weighted by atomic mass is 10.1. The third kappa shape index (κ3) is 5.46. The van der Waals surface area contributed by atoms with Gasteiger partial charge in [-0.1, -0.05) is 6.92 Å². The van der Waals surface area contributed by atoms with Crippen molar-refractivity contribution in [3.63, 3.8) is 0 Å². The quantitative estimate of drug-likeness (QED) is 0.636. The van der Waals surface area contributed by atoms with Gasteiger partial charge in [0.25, 0.3) is 0 Å². The highest BCUT2D eigenvalue weighted by atomic mass is 16.4. The fraction of sp³-hybridized carbons (Fsp3) is 0.769. The Bertz CT molecular complexity index is 360. The average molecular weight is 285 g/mol. The number of hydrogen-bond acceptors (Lipinski definition) is 3. The minimum atomic E-state index is -0.895. The van der Waals surface area contributed by atoms with Crippen molar-refractivity contribution >= 4 is 17.9 Å². The molecule has 114 valence electrons. The number of hydrogen-bond donors (Lipinski definition) is 3. The molecule has 3 N–H and O–H groups in total. The number of aliphatic carboxylic acids is 1. The lowest BCUT2D eigenvalue weighted by molar-refractivity contribution is -0.138. The van der Waals surface area contributed by atoms with Gasteiger partial charge in [0.05, 0.1) is 6.42 Å². The zero-order valence-corrected chi connectivity index (χ0v) is 11.9. The third-order valence-electron chi connectivity index (χ3n) is 3.25. The Kier molecular flexibility index (Phi) is 6.83. The summed E-state index contributed by atoms with van der Waals surface area (Å²) in [6.07, 6.45) is 2.63. The van der Waals surface area contributed by atoms with Gasteiger partial charge in [-0.3, -0.25) is 9.59 Å². The Balaban J connectivity index is 2.28. The van der Waals surface area contributed by atoms with Crippen LogP contribution in [-0.4, -0.2) is 53.6 Å². The molecule has 0 saturated carbocycles. The van der Waals surface area contributed by atoms with Gasteiger partial charge in [-0.25, -0.2) is 4.79 Å². The van der Waals surface area contributed by atoms with Crippen molar-refractivity contribution in [3.8, 4) is 0 Å². The van der Waals surface area contributed by atoms with Crippen LogP contribution in [-0.2, 0) is 9.59 Å². The monoisotopic (exact) mass is 285 g/mol. The van der Waals surface area contributed by atoms with Crippen LogP contribution in [0.1, 0.15) is 39.0 Å². The van der Waals surface area contributed by atoms with Crippen molar-refractivity contribution < 1.29 is 19.5 Å². The Labute approximate surface area is 118 Å². The molecule has 0 radical (unpaired) electrons. The van der Waals surface area contributed by atoms with Crippen LogP contribution in [0.4, 0.5) is 4.79 Å². The number of carboxylic acids is 1. The molecule has 0 aliphatic carbocycles. The molecule has 0 aromatic heterocycles. The zero-order valence-electron chi connectivity index (χ0n) is 11.9. The maximum absolute atomic E-state index is 11.9. The number of nitrogens with one attached hydrogen (secondary N) is 2. The van der Waals surface area contributed by atoms with Crippen LogP contribution in [0.2, 0.25) is 0 Å². The normalized spacial score (nSPS) is 17.9. The van der Waals surface area contributed by atoms with Crippen LogP contribution >= 0.6 is 0 Å². The Morgan fingerprint density at radius 1 is 1.25 bits per heavy atom. The first kappa shape index (κ1) is 16.3. The lowest BCUT2D eigenvalue weighted by Gasteiger charge is -2.23. The molecule has 7 heteroatoms. The average Bonchev–Trinajstić information content (AvgIpc) is 2.83. The number of amides is 3. The topological polar surface area (TPSA) is 98.7 Å². The van der Waals surface area contributed by atoms with Gasteiger partial charge in [0.1, 0.15) is 0 Å². The van der Waals surface area contributed by atoms with E-state index in [-0.39, 0.29) is 37.4 Å². The maximum Gasteiger partial charge on any atom is 0.317 e. The molecule has 1 fully saturated rings. The molecule has 1 aliphatic heterocycles. The molecule has 1 heterocycles. The van der Waals surface area contributed by atoms with E-state index in [2.05, 4.69) is 10.6 Å². The van der Waals surface area contributed by atoms with E-state index in [9.17, 15) is 14.4 Å². The Hall–Kier alpha value is -1.79. The molecule has 1 unspecified atom stereocenters. The first-order chi connectivity index (χ1) is 9.54. The van der Waals surface area contributed by atoms with Gasteiger partial charge in [0, 0.05) is 32.1 Å². The van der Waals surface area contributed by atoms with Crippen molar-refractivity contribution in [1.82, 2.24) is 15.5 Å². The van der Waals surface area contributed by atoms with Gasteiger partial charge in [-0.05, 0) is 19.3 Å². The van der Waals surface area contributed by atoms with Crippen LogP contribution in [0, 0.1) is 0 Å². The lowest BCUT2D eigenvalue weighted by Crippen LogP contribution is -2.44. The molecule has 0 aromatic rings. The number of likely N-dealkylation sites (tertiary alicyclic amines) is 1. The summed E-state index contributed by atoms with van der Waals surface area (Å²) in [4.78, 5) is 35.6. The van der Waals surface area contributed by atoms with Crippen LogP contribution < -0.4 is 10.6 Å². The van der Waals surface area contributed by atoms with Gasteiger partial charge in [-0.15, -0.1) is 0 Å². The number of carbonyl (C=O) groups excluding carboxylic acids is 2. The summed E-state index contributed by atoms with van der Waals surface area (Å²) >= 11 is 0. The van der Waals surface area contributed by atoms with E-state index in [1.165, 1.54) is 0 Å². The molecule has 0 spiro atoms. The number of carboxylic acid groups (broad SMARTS) is 1. The molecule has 1 saturated heterocycles. The fourth-order valence-corrected chi connectivity index (χ4v) is 2.25. The van der Waals surface area contributed by atoms with Crippen LogP contribution in [0.3, 0.4) is 0 Å². The summed E-state index contributed by atoms with van der Waals surface area (Å²) in [5, 5.41) is 14.2. The highest BCUT2D eigenvalue weighted by Crippen LogP contribution is 2.19. The van der Waals surface area contributed by atoms with Gasteiger partial charge in [0.15, 0.2) is 0 Å². The van der Waals surface area contributed by atoms with Gasteiger partial charge in [0.2, 0.25) is 5.91 Å². The van der Waals surface area contributed by atoms with E-state index in [1.54, 1.807) is 4.90 Å². The van der Waals surface area contributed by atoms with Gasteiger partial charge in [-0.2, -0.15) is 0 Å². The summed E-state index contributed by atoms with van der Waals surface area (Å²) in [5.41, 5.74) is 0. The zero-order chi connectivity index (χ0) is 15.0. The second kappa shape index (κ2) is 8.39. The summed E-state index contributed by atoms with van der Waals surface area (Å²) < 4.78 is 0. The van der Waals surface area contributed by atoms with Crippen molar-refractivity contribution in [2.75, 3.05) is 19.6 Å². The van der Waals surface area contributed by atoms with Crippen molar-refractivity contribution in [2.24, 2.45) is 0 Å². The predicted octanol–water partition coefficient (Wildman–Crippen LogP) is 0.551. The molecule has 7 nitrogen and oxygen atoms in total. The Morgan fingerprint density at radius 2 is 2.00 bits per heavy atom. The minimum absolute atomic E-state index is 0.0234. The smallest absolute Gasteiger partial charge is 0.317 e. The van der Waals surface area contributed by atoms with E-state index < -0.39 is 5.97 Å². The molecule has 1 atom stereocenters. The number of rotatable bonds is 7. The molecule has 1 rings (SSSR count). The second-order valence-electron chi connectivity index (χ2n) is 4.92. The molecule has 1 aliphatic rings. The van der Waals surface area contributed by atoms with E-state index in [4.69, 9.17) is 5.11 Å². The summed E-state index contributed by atoms with van der Waals surface area (Å²) in [6, 6.07) is -0.515. The molecular formula is C13H23N3O4. The van der Waals surface area contributed by atoms with Crippen molar-refractivity contribution in [3.05, 3.63) is 0 Å². The number of urea groups is 1.